The lowest BCUT2D eigenvalue weighted by Crippen LogP contribution is -2.27. The Kier molecular flexibility index (Phi) is 2.45. The van der Waals surface area contributed by atoms with Crippen LogP contribution in [0, 0.1) is 6.92 Å². The fourth-order valence-electron chi connectivity index (χ4n) is 3.89. The quantitative estimate of drug-likeness (QED) is 0.663. The van der Waals surface area contributed by atoms with E-state index >= 15 is 0 Å². The number of hydrogen-bond acceptors (Lipinski definition) is 1. The second-order valence-corrected chi connectivity index (χ2v) is 6.76. The van der Waals surface area contributed by atoms with Gasteiger partial charge >= 0.3 is 0 Å². The Morgan fingerprint density at radius 1 is 1.28 bits per heavy atom. The van der Waals surface area contributed by atoms with Gasteiger partial charge in [-0.05, 0) is 59.8 Å². The molecule has 2 aliphatic rings. The van der Waals surface area contributed by atoms with E-state index < -0.39 is 0 Å². The van der Waals surface area contributed by atoms with E-state index in [1.165, 1.54) is 35.1 Å². The molecular formula is C17H22O. The van der Waals surface area contributed by atoms with Crippen LogP contribution >= 0.6 is 0 Å². The molecule has 1 atom stereocenters. The topological polar surface area (TPSA) is 17.1 Å². The Morgan fingerprint density at radius 3 is 2.72 bits per heavy atom. The molecule has 0 radical (unpaired) electrons. The summed E-state index contributed by atoms with van der Waals surface area (Å²) in [5.41, 5.74) is 6.93. The van der Waals surface area contributed by atoms with Crippen molar-refractivity contribution in [3.05, 3.63) is 33.9 Å². The van der Waals surface area contributed by atoms with Crippen LogP contribution in [-0.4, -0.2) is 5.78 Å². The highest BCUT2D eigenvalue weighted by molar-refractivity contribution is 6.02. The first-order valence-corrected chi connectivity index (χ1v) is 7.12. The van der Waals surface area contributed by atoms with E-state index in [9.17, 15) is 4.79 Å². The van der Waals surface area contributed by atoms with Crippen molar-refractivity contribution >= 4 is 5.78 Å². The molecule has 0 N–H and O–H groups in total. The maximum absolute atomic E-state index is 12.0. The van der Waals surface area contributed by atoms with Crippen LogP contribution < -0.4 is 0 Å². The molecule has 1 aromatic carbocycles. The highest BCUT2D eigenvalue weighted by Crippen LogP contribution is 2.47. The summed E-state index contributed by atoms with van der Waals surface area (Å²) in [5, 5.41) is 0. The van der Waals surface area contributed by atoms with Gasteiger partial charge in [0.15, 0.2) is 5.78 Å². The Balaban J connectivity index is 2.33. The van der Waals surface area contributed by atoms with Crippen molar-refractivity contribution in [1.82, 2.24) is 0 Å². The minimum absolute atomic E-state index is 0.271. The number of hydrogen-bond donors (Lipinski definition) is 0. The molecule has 1 heteroatoms. The monoisotopic (exact) mass is 242 g/mol. The van der Waals surface area contributed by atoms with E-state index in [1.807, 2.05) is 0 Å². The van der Waals surface area contributed by atoms with Crippen LogP contribution in [0.4, 0.5) is 0 Å². The maximum Gasteiger partial charge on any atom is 0.163 e. The van der Waals surface area contributed by atoms with Crippen molar-refractivity contribution in [3.63, 3.8) is 0 Å². The van der Waals surface area contributed by atoms with Gasteiger partial charge in [0.1, 0.15) is 0 Å². The second kappa shape index (κ2) is 3.69. The second-order valence-electron chi connectivity index (χ2n) is 6.76. The minimum atomic E-state index is 0.271. The number of benzene rings is 1. The predicted molar refractivity (Wildman–Crippen MR) is 74.5 cm³/mol. The van der Waals surface area contributed by atoms with Gasteiger partial charge in [0, 0.05) is 12.0 Å². The fraction of sp³-hybridized carbons (Fsp3) is 0.588. The van der Waals surface area contributed by atoms with Gasteiger partial charge < -0.3 is 0 Å². The molecule has 0 fully saturated rings. The molecule has 0 amide bonds. The number of carbonyl (C=O) groups is 1. The first kappa shape index (κ1) is 12.0. The molecular weight excluding hydrogens is 220 g/mol. The zero-order chi connectivity index (χ0) is 13.1. The number of carbonyl (C=O) groups excluding carboxylic acids is 1. The molecule has 1 nitrogen and oxygen atoms in total. The van der Waals surface area contributed by atoms with Crippen molar-refractivity contribution in [1.29, 1.82) is 0 Å². The highest BCUT2D eigenvalue weighted by atomic mass is 16.1. The predicted octanol–water partition coefficient (Wildman–Crippen LogP) is 4.30. The van der Waals surface area contributed by atoms with Crippen LogP contribution in [0.1, 0.15) is 78.6 Å². The largest absolute Gasteiger partial charge is 0.294 e. The molecule has 0 saturated heterocycles. The zero-order valence-electron chi connectivity index (χ0n) is 11.9. The number of ketones is 1. The zero-order valence-corrected chi connectivity index (χ0v) is 11.9. The van der Waals surface area contributed by atoms with E-state index in [2.05, 4.69) is 33.8 Å². The summed E-state index contributed by atoms with van der Waals surface area (Å²) >= 11 is 0. The van der Waals surface area contributed by atoms with E-state index in [0.717, 1.165) is 18.4 Å². The van der Waals surface area contributed by atoms with E-state index in [-0.39, 0.29) is 5.41 Å². The molecule has 0 aliphatic heterocycles. The number of rotatable bonds is 0. The molecule has 1 aromatic rings. The normalized spacial score (nSPS) is 24.9. The van der Waals surface area contributed by atoms with Crippen LogP contribution in [0.3, 0.4) is 0 Å². The van der Waals surface area contributed by atoms with Gasteiger partial charge in [0.25, 0.3) is 0 Å². The standard InChI is InChI=1S/C17H22O/c1-10-7-8-17(3,4)13-9-11(2)16-12(15(10)13)5-6-14(16)18/h9-10H,5-8H2,1-4H3/t10-/m0/s1. The summed E-state index contributed by atoms with van der Waals surface area (Å²) in [7, 11) is 0. The SMILES string of the molecule is Cc1cc2c(c3c1C(=O)CC3)[C@@H](C)CCC2(C)C. The Morgan fingerprint density at radius 2 is 2.00 bits per heavy atom. The lowest BCUT2D eigenvalue weighted by atomic mass is 9.67. The maximum atomic E-state index is 12.0. The van der Waals surface area contributed by atoms with E-state index in [4.69, 9.17) is 0 Å². The number of Topliss-reactive ketones (excluding diaryl/α,β-unsaturated/α-hetero) is 1. The van der Waals surface area contributed by atoms with Crippen molar-refractivity contribution in [2.24, 2.45) is 0 Å². The van der Waals surface area contributed by atoms with Crippen LogP contribution in [0.5, 0.6) is 0 Å². The molecule has 3 rings (SSSR count). The molecule has 0 heterocycles. The smallest absolute Gasteiger partial charge is 0.163 e. The Hall–Kier alpha value is -1.11. The third kappa shape index (κ3) is 1.49. The van der Waals surface area contributed by atoms with E-state index in [0.29, 0.717) is 11.7 Å². The summed E-state index contributed by atoms with van der Waals surface area (Å²) in [6, 6.07) is 2.30. The van der Waals surface area contributed by atoms with Crippen LogP contribution in [0.2, 0.25) is 0 Å². The summed E-state index contributed by atoms with van der Waals surface area (Å²) in [6.07, 6.45) is 4.20. The summed E-state index contributed by atoms with van der Waals surface area (Å²) in [4.78, 5) is 12.0. The van der Waals surface area contributed by atoms with E-state index in [1.54, 1.807) is 0 Å². The molecule has 0 aromatic heterocycles. The van der Waals surface area contributed by atoms with Crippen molar-refractivity contribution < 1.29 is 4.79 Å². The number of aryl methyl sites for hydroxylation is 1. The van der Waals surface area contributed by atoms with Gasteiger partial charge in [0.05, 0.1) is 0 Å². The average Bonchev–Trinajstić information content (AvgIpc) is 2.68. The Labute approximate surface area is 110 Å². The highest BCUT2D eigenvalue weighted by Gasteiger charge is 2.36. The van der Waals surface area contributed by atoms with Crippen molar-refractivity contribution in [3.8, 4) is 0 Å². The fourth-order valence-corrected chi connectivity index (χ4v) is 3.89. The third-order valence-corrected chi connectivity index (χ3v) is 4.98. The van der Waals surface area contributed by atoms with Gasteiger partial charge in [-0.15, -0.1) is 0 Å². The lowest BCUT2D eigenvalue weighted by molar-refractivity contribution is 0.0994. The Bertz CT molecular complexity index is 537. The van der Waals surface area contributed by atoms with Gasteiger partial charge in [-0.2, -0.15) is 0 Å². The van der Waals surface area contributed by atoms with Crippen molar-refractivity contribution in [2.45, 2.75) is 64.7 Å². The molecule has 0 saturated carbocycles. The van der Waals surface area contributed by atoms with Crippen LogP contribution in [-0.2, 0) is 11.8 Å². The number of fused-ring (bicyclic) bond motifs is 3. The lowest BCUT2D eigenvalue weighted by Gasteiger charge is -2.38. The third-order valence-electron chi connectivity index (χ3n) is 4.98. The molecule has 0 spiro atoms. The molecule has 18 heavy (non-hydrogen) atoms. The van der Waals surface area contributed by atoms with Gasteiger partial charge in [-0.3, -0.25) is 4.79 Å². The molecule has 2 aliphatic carbocycles. The first-order chi connectivity index (χ1) is 8.42. The summed E-state index contributed by atoms with van der Waals surface area (Å²) in [6.45, 7) is 9.13. The van der Waals surface area contributed by atoms with Crippen LogP contribution in [0.15, 0.2) is 6.07 Å². The summed E-state index contributed by atoms with van der Waals surface area (Å²) in [5.74, 6) is 0.981. The van der Waals surface area contributed by atoms with Crippen molar-refractivity contribution in [2.75, 3.05) is 0 Å². The molecule has 0 unspecified atom stereocenters. The molecule has 96 valence electrons. The minimum Gasteiger partial charge on any atom is -0.294 e. The summed E-state index contributed by atoms with van der Waals surface area (Å²) < 4.78 is 0. The van der Waals surface area contributed by atoms with Crippen LogP contribution in [0.25, 0.3) is 0 Å². The average molecular weight is 242 g/mol. The first-order valence-electron chi connectivity index (χ1n) is 7.12. The van der Waals surface area contributed by atoms with Gasteiger partial charge in [0.2, 0.25) is 0 Å². The molecule has 0 bridgehead atoms. The van der Waals surface area contributed by atoms with Gasteiger partial charge in [-0.1, -0.05) is 26.8 Å². The van der Waals surface area contributed by atoms with Gasteiger partial charge in [-0.25, -0.2) is 0 Å².